The lowest BCUT2D eigenvalue weighted by Crippen LogP contribution is -2.22. The molecule has 2 aromatic carbocycles. The molecule has 0 bridgehead atoms. The lowest BCUT2D eigenvalue weighted by molar-refractivity contribution is 0.0130. The average molecular weight is 487 g/mol. The van der Waals surface area contributed by atoms with Crippen LogP contribution in [0.5, 0.6) is 5.75 Å². The summed E-state index contributed by atoms with van der Waals surface area (Å²) in [5.74, 6) is -0.644. The van der Waals surface area contributed by atoms with Gasteiger partial charge in [-0.1, -0.05) is 44.0 Å². The van der Waals surface area contributed by atoms with Crippen LogP contribution in [0, 0.1) is 23.4 Å². The number of hydrogen-bond acceptors (Lipinski definition) is 2. The topological polar surface area (TPSA) is 18.5 Å². The van der Waals surface area contributed by atoms with Gasteiger partial charge in [0, 0.05) is 0 Å². The van der Waals surface area contributed by atoms with Gasteiger partial charge in [-0.3, -0.25) is 0 Å². The van der Waals surface area contributed by atoms with Crippen LogP contribution in [0.1, 0.15) is 93.2 Å². The van der Waals surface area contributed by atoms with Gasteiger partial charge in [0.15, 0.2) is 23.2 Å². The Morgan fingerprint density at radius 3 is 2.03 bits per heavy atom. The van der Waals surface area contributed by atoms with E-state index in [9.17, 15) is 8.78 Å². The predicted octanol–water partition coefficient (Wildman–Crippen LogP) is 8.60. The zero-order valence-corrected chi connectivity index (χ0v) is 20.7. The van der Waals surface area contributed by atoms with Crippen molar-refractivity contribution in [2.24, 2.45) is 5.92 Å². The van der Waals surface area contributed by atoms with Gasteiger partial charge in [-0.2, -0.15) is 0 Å². The molecule has 0 aliphatic heterocycles. The van der Waals surface area contributed by atoms with Crippen molar-refractivity contribution >= 4 is 0 Å². The van der Waals surface area contributed by atoms with Gasteiger partial charge >= 0.3 is 0 Å². The molecule has 2 aromatic rings. The van der Waals surface area contributed by atoms with Crippen LogP contribution in [0.25, 0.3) is 0 Å². The van der Waals surface area contributed by atoms with E-state index in [4.69, 9.17) is 9.47 Å². The monoisotopic (exact) mass is 486 g/mol. The molecule has 5 heteroatoms. The van der Waals surface area contributed by atoms with E-state index in [1.807, 2.05) is 18.2 Å². The summed E-state index contributed by atoms with van der Waals surface area (Å²) in [6.07, 6.45) is 9.53. The highest BCUT2D eigenvalue weighted by atomic mass is 19.2. The molecule has 0 spiro atoms. The zero-order valence-electron chi connectivity index (χ0n) is 20.7. The van der Waals surface area contributed by atoms with Gasteiger partial charge in [-0.05, 0) is 91.5 Å². The van der Waals surface area contributed by atoms with Gasteiger partial charge in [0.25, 0.3) is 0 Å². The van der Waals surface area contributed by atoms with Gasteiger partial charge in [0.2, 0.25) is 0 Å². The fourth-order valence-corrected chi connectivity index (χ4v) is 5.54. The number of halogens is 3. The smallest absolute Gasteiger partial charge is 0.165 e. The Labute approximate surface area is 207 Å². The van der Waals surface area contributed by atoms with E-state index in [0.717, 1.165) is 56.9 Å². The third-order valence-corrected chi connectivity index (χ3v) is 7.77. The minimum atomic E-state index is -0.656. The summed E-state index contributed by atoms with van der Waals surface area (Å²) in [6, 6.07) is 8.53. The van der Waals surface area contributed by atoms with Crippen LogP contribution >= 0.6 is 0 Å². The first-order valence-corrected chi connectivity index (χ1v) is 13.1. The molecule has 0 unspecified atom stereocenters. The summed E-state index contributed by atoms with van der Waals surface area (Å²) in [6.45, 7) is 6.56. The Morgan fingerprint density at radius 1 is 0.857 bits per heavy atom. The third kappa shape index (κ3) is 6.49. The van der Waals surface area contributed by atoms with Gasteiger partial charge < -0.3 is 9.47 Å². The van der Waals surface area contributed by atoms with Crippen molar-refractivity contribution in [3.05, 3.63) is 77.1 Å². The highest BCUT2D eigenvalue weighted by molar-refractivity contribution is 5.32. The molecule has 0 saturated heterocycles. The lowest BCUT2D eigenvalue weighted by Gasteiger charge is -2.30. The van der Waals surface area contributed by atoms with Crippen molar-refractivity contribution in [1.82, 2.24) is 0 Å². The second kappa shape index (κ2) is 12.1. The Kier molecular flexibility index (Phi) is 8.94. The SMILES string of the molecule is C=CCCOc1ccc(COC2CCC(c3ccc(C4CCC(C)CC4)c(F)c3F)CC2)cc1F. The van der Waals surface area contributed by atoms with E-state index < -0.39 is 17.5 Å². The summed E-state index contributed by atoms with van der Waals surface area (Å²) in [7, 11) is 0. The summed E-state index contributed by atoms with van der Waals surface area (Å²) in [5.41, 5.74) is 1.81. The molecule has 0 amide bonds. The molecule has 2 aliphatic rings. The van der Waals surface area contributed by atoms with Crippen molar-refractivity contribution in [3.63, 3.8) is 0 Å². The molecule has 0 atom stereocenters. The first-order chi connectivity index (χ1) is 17.0. The normalized spacial score (nSPS) is 24.8. The summed E-state index contributed by atoms with van der Waals surface area (Å²) < 4.78 is 55.7. The molecule has 0 N–H and O–H groups in total. The van der Waals surface area contributed by atoms with Crippen LogP contribution in [0.4, 0.5) is 13.2 Å². The molecule has 2 nitrogen and oxygen atoms in total. The van der Waals surface area contributed by atoms with Crippen LogP contribution < -0.4 is 4.74 Å². The van der Waals surface area contributed by atoms with Crippen LogP contribution in [-0.2, 0) is 11.3 Å². The molecule has 2 aliphatic carbocycles. The van der Waals surface area contributed by atoms with Crippen molar-refractivity contribution in [2.75, 3.05) is 6.61 Å². The van der Waals surface area contributed by atoms with E-state index in [1.54, 1.807) is 12.1 Å². The standard InChI is InChI=1S/C30H37F3O2/c1-3-4-17-34-28-16-7-21(18-27(28)31)19-35-24-12-10-23(11-13-24)26-15-14-25(29(32)30(26)33)22-8-5-20(2)6-9-22/h3,7,14-16,18,20,22-24H,1,4-6,8-13,17,19H2,2H3. The Morgan fingerprint density at radius 2 is 1.46 bits per heavy atom. The van der Waals surface area contributed by atoms with E-state index in [0.29, 0.717) is 36.7 Å². The second-order valence-electron chi connectivity index (χ2n) is 10.3. The second-order valence-corrected chi connectivity index (χ2v) is 10.3. The molecule has 0 aromatic heterocycles. The largest absolute Gasteiger partial charge is 0.490 e. The molecule has 0 heterocycles. The molecular formula is C30H37F3O2. The quantitative estimate of drug-likeness (QED) is 0.261. The zero-order chi connectivity index (χ0) is 24.8. The van der Waals surface area contributed by atoms with Gasteiger partial charge in [-0.25, -0.2) is 13.2 Å². The maximum atomic E-state index is 15.1. The van der Waals surface area contributed by atoms with Crippen LogP contribution in [-0.4, -0.2) is 12.7 Å². The first-order valence-electron chi connectivity index (χ1n) is 13.1. The summed E-state index contributed by atoms with van der Waals surface area (Å²) in [4.78, 5) is 0. The molecule has 4 rings (SSSR count). The fourth-order valence-electron chi connectivity index (χ4n) is 5.54. The molecule has 2 saturated carbocycles. The minimum Gasteiger partial charge on any atom is -0.490 e. The average Bonchev–Trinajstić information content (AvgIpc) is 2.87. The van der Waals surface area contributed by atoms with Crippen molar-refractivity contribution in [2.45, 2.75) is 89.3 Å². The van der Waals surface area contributed by atoms with Crippen molar-refractivity contribution in [1.29, 1.82) is 0 Å². The first kappa shape index (κ1) is 25.8. The summed E-state index contributed by atoms with van der Waals surface area (Å²) in [5, 5.41) is 0. The molecule has 190 valence electrons. The number of ether oxygens (including phenoxy) is 2. The molecule has 2 fully saturated rings. The van der Waals surface area contributed by atoms with E-state index in [1.165, 1.54) is 6.07 Å². The lowest BCUT2D eigenvalue weighted by atomic mass is 9.77. The third-order valence-electron chi connectivity index (χ3n) is 7.77. The van der Waals surface area contributed by atoms with Crippen molar-refractivity contribution in [3.8, 4) is 5.75 Å². The highest BCUT2D eigenvalue weighted by Crippen LogP contribution is 2.40. The van der Waals surface area contributed by atoms with Gasteiger partial charge in [-0.15, -0.1) is 6.58 Å². The Bertz CT molecular complexity index is 989. The molecule has 35 heavy (non-hydrogen) atoms. The Hall–Kier alpha value is -2.27. The number of hydrogen-bond donors (Lipinski definition) is 0. The highest BCUT2D eigenvalue weighted by Gasteiger charge is 2.29. The van der Waals surface area contributed by atoms with Crippen molar-refractivity contribution < 1.29 is 22.6 Å². The fraction of sp³-hybridized carbons (Fsp3) is 0.533. The van der Waals surface area contributed by atoms with Gasteiger partial charge in [0.05, 0.1) is 19.3 Å². The maximum absolute atomic E-state index is 15.1. The van der Waals surface area contributed by atoms with Gasteiger partial charge in [0.1, 0.15) is 0 Å². The Balaban J connectivity index is 1.28. The van der Waals surface area contributed by atoms with E-state index in [-0.39, 0.29) is 23.7 Å². The van der Waals surface area contributed by atoms with E-state index >= 15 is 4.39 Å². The summed E-state index contributed by atoms with van der Waals surface area (Å²) >= 11 is 0. The van der Waals surface area contributed by atoms with Crippen LogP contribution in [0.2, 0.25) is 0 Å². The predicted molar refractivity (Wildman–Crippen MR) is 133 cm³/mol. The molecular weight excluding hydrogens is 449 g/mol. The number of benzene rings is 2. The van der Waals surface area contributed by atoms with E-state index in [2.05, 4.69) is 13.5 Å². The van der Waals surface area contributed by atoms with Crippen LogP contribution in [0.3, 0.4) is 0 Å². The molecule has 0 radical (unpaired) electrons. The minimum absolute atomic E-state index is 0.00854. The van der Waals surface area contributed by atoms with Crippen LogP contribution in [0.15, 0.2) is 43.0 Å². The maximum Gasteiger partial charge on any atom is 0.165 e. The number of rotatable bonds is 9.